The predicted molar refractivity (Wildman–Crippen MR) is 74.9 cm³/mol. The fourth-order valence-electron chi connectivity index (χ4n) is 2.32. The number of hydrogen-bond donors (Lipinski definition) is 3. The van der Waals surface area contributed by atoms with Gasteiger partial charge in [-0.1, -0.05) is 0 Å². The molecule has 24 heavy (non-hydrogen) atoms. The summed E-state index contributed by atoms with van der Waals surface area (Å²) in [6, 6.07) is 1.02. The van der Waals surface area contributed by atoms with Gasteiger partial charge >= 0.3 is 13.5 Å². The molecular formula is C11H16FN2O9P. The Morgan fingerprint density at radius 3 is 2.62 bits per heavy atom. The Morgan fingerprint density at radius 1 is 1.46 bits per heavy atom. The van der Waals surface area contributed by atoms with Crippen LogP contribution in [-0.4, -0.2) is 58.2 Å². The number of phosphoric acid groups is 1. The molecule has 11 nitrogen and oxygen atoms in total. The summed E-state index contributed by atoms with van der Waals surface area (Å²) < 4.78 is 46.0. The van der Waals surface area contributed by atoms with Gasteiger partial charge in [-0.15, -0.1) is 0 Å². The number of aromatic amines is 1. The van der Waals surface area contributed by atoms with E-state index in [-0.39, 0.29) is 0 Å². The zero-order valence-electron chi connectivity index (χ0n) is 12.6. The first-order chi connectivity index (χ1) is 11.1. The molecule has 0 saturated carbocycles. The maximum Gasteiger partial charge on any atom is 0.469 e. The summed E-state index contributed by atoms with van der Waals surface area (Å²) in [7, 11) is -2.73. The maximum atomic E-state index is 14.7. The topological polar surface area (TPSA) is 149 Å². The van der Waals surface area contributed by atoms with Crippen molar-refractivity contribution in [2.24, 2.45) is 0 Å². The Morgan fingerprint density at radius 2 is 2.12 bits per heavy atom. The van der Waals surface area contributed by atoms with Gasteiger partial charge in [-0.05, 0) is 0 Å². The third kappa shape index (κ3) is 3.64. The first-order valence-electron chi connectivity index (χ1n) is 6.55. The third-order valence-electron chi connectivity index (χ3n) is 3.49. The number of ether oxygens (including phenoxy) is 3. The van der Waals surface area contributed by atoms with Crippen LogP contribution in [0.25, 0.3) is 0 Å². The van der Waals surface area contributed by atoms with Crippen LogP contribution in [0.2, 0.25) is 0 Å². The molecule has 3 N–H and O–H groups in total. The largest absolute Gasteiger partial charge is 0.469 e. The highest BCUT2D eigenvalue weighted by Gasteiger charge is 2.59. The summed E-state index contributed by atoms with van der Waals surface area (Å²) in [6.07, 6.45) is -3.72. The lowest BCUT2D eigenvalue weighted by molar-refractivity contribution is -0.258. The van der Waals surface area contributed by atoms with Crippen molar-refractivity contribution in [3.8, 4) is 0 Å². The van der Waals surface area contributed by atoms with Gasteiger partial charge in [-0.3, -0.25) is 18.9 Å². The van der Waals surface area contributed by atoms with Crippen molar-refractivity contribution in [3.63, 3.8) is 0 Å². The van der Waals surface area contributed by atoms with Crippen LogP contribution in [0.3, 0.4) is 0 Å². The Kier molecular flexibility index (Phi) is 5.40. The molecule has 1 fully saturated rings. The first-order valence-corrected chi connectivity index (χ1v) is 8.08. The molecule has 2 heterocycles. The van der Waals surface area contributed by atoms with Crippen molar-refractivity contribution in [1.29, 1.82) is 0 Å². The van der Waals surface area contributed by atoms with Crippen LogP contribution in [0.4, 0.5) is 4.39 Å². The predicted octanol–water partition coefficient (Wildman–Crippen LogP) is -1.13. The van der Waals surface area contributed by atoms with E-state index in [2.05, 4.69) is 4.52 Å². The number of nitrogens with zero attached hydrogens (tertiary/aromatic N) is 1. The van der Waals surface area contributed by atoms with Crippen LogP contribution in [0.5, 0.6) is 0 Å². The van der Waals surface area contributed by atoms with E-state index < -0.39 is 50.0 Å². The molecule has 1 saturated heterocycles. The van der Waals surface area contributed by atoms with Gasteiger partial charge in [0.1, 0.15) is 12.7 Å². The fourth-order valence-corrected chi connectivity index (χ4v) is 2.67. The molecule has 0 aliphatic carbocycles. The quantitative estimate of drug-likeness (QED) is 0.529. The van der Waals surface area contributed by atoms with E-state index in [1.807, 2.05) is 4.98 Å². The second kappa shape index (κ2) is 6.84. The summed E-state index contributed by atoms with van der Waals surface area (Å²) in [5.41, 5.74) is -1.55. The Bertz CT molecular complexity index is 746. The van der Waals surface area contributed by atoms with Crippen LogP contribution in [0, 0.1) is 0 Å². The summed E-state index contributed by atoms with van der Waals surface area (Å²) in [5, 5.41) is 0. The normalized spacial score (nSPS) is 30.6. The van der Waals surface area contributed by atoms with E-state index in [1.54, 1.807) is 0 Å². The van der Waals surface area contributed by atoms with Crippen LogP contribution in [0.15, 0.2) is 21.9 Å². The molecule has 0 aromatic carbocycles. The van der Waals surface area contributed by atoms with Gasteiger partial charge in [0.25, 0.3) is 5.56 Å². The Hall–Kier alpha value is -1.40. The number of nitrogens with one attached hydrogen (secondary N) is 1. The number of methoxy groups -OCH3 is 2. The van der Waals surface area contributed by atoms with Crippen molar-refractivity contribution >= 4 is 7.82 Å². The smallest absolute Gasteiger partial charge is 0.373 e. The minimum Gasteiger partial charge on any atom is -0.373 e. The molecule has 0 spiro atoms. The number of hydrogen-bond acceptors (Lipinski definition) is 7. The van der Waals surface area contributed by atoms with Crippen molar-refractivity contribution in [2.75, 3.05) is 20.8 Å². The zero-order valence-corrected chi connectivity index (χ0v) is 13.5. The highest BCUT2D eigenvalue weighted by atomic mass is 31.2. The van der Waals surface area contributed by atoms with E-state index in [4.69, 9.17) is 24.0 Å². The third-order valence-corrected chi connectivity index (χ3v) is 3.95. The molecule has 1 aromatic heterocycles. The van der Waals surface area contributed by atoms with E-state index in [0.29, 0.717) is 0 Å². The second-order valence-electron chi connectivity index (χ2n) is 4.91. The molecule has 2 rings (SSSR count). The van der Waals surface area contributed by atoms with Gasteiger partial charge in [-0.25, -0.2) is 13.8 Å². The lowest BCUT2D eigenvalue weighted by Gasteiger charge is -2.28. The van der Waals surface area contributed by atoms with Crippen LogP contribution in [0.1, 0.15) is 6.23 Å². The van der Waals surface area contributed by atoms with E-state index in [0.717, 1.165) is 31.0 Å². The van der Waals surface area contributed by atoms with E-state index in [9.17, 15) is 18.5 Å². The van der Waals surface area contributed by atoms with Gasteiger partial charge in [0.05, 0.1) is 0 Å². The lowest BCUT2D eigenvalue weighted by Crippen LogP contribution is -2.46. The van der Waals surface area contributed by atoms with Crippen LogP contribution < -0.4 is 11.2 Å². The molecular weight excluding hydrogens is 354 g/mol. The molecule has 4 atom stereocenters. The number of rotatable bonds is 6. The highest BCUT2D eigenvalue weighted by molar-refractivity contribution is 7.46. The first kappa shape index (κ1) is 18.9. The fraction of sp³-hybridized carbons (Fsp3) is 0.636. The van der Waals surface area contributed by atoms with Crippen molar-refractivity contribution in [1.82, 2.24) is 9.55 Å². The standard InChI is InChI=1S/C11H16FN2O9P/c1-20-7-8(12)11(21-2,5-22-24(17,18)19)23-9(7)14-4-3-6(15)13-10(14)16/h3-4,7-9H,5H2,1-2H3,(H,13,15,16)(H2,17,18,19)/t7-,8+,9-,11-/m1/s1. The van der Waals surface area contributed by atoms with Crippen molar-refractivity contribution in [3.05, 3.63) is 33.1 Å². The molecule has 136 valence electrons. The minimum absolute atomic E-state index is 0.664. The van der Waals surface area contributed by atoms with E-state index >= 15 is 0 Å². The average Bonchev–Trinajstić information content (AvgIpc) is 2.77. The average molecular weight is 370 g/mol. The SMILES string of the molecule is CO[C@H]1[C@H](n2ccc(=O)[nH]c2=O)O[C@@](COP(=O)(O)O)(OC)[C@H]1F. The number of H-pyrrole nitrogens is 1. The molecule has 1 aromatic rings. The molecule has 13 heteroatoms. The van der Waals surface area contributed by atoms with Crippen LogP contribution >= 0.6 is 7.82 Å². The number of alkyl halides is 1. The van der Waals surface area contributed by atoms with Gasteiger partial charge in [0.15, 0.2) is 12.4 Å². The summed E-state index contributed by atoms with van der Waals surface area (Å²) in [5.74, 6) is -2.22. The van der Waals surface area contributed by atoms with Gasteiger partial charge < -0.3 is 24.0 Å². The van der Waals surface area contributed by atoms with Gasteiger partial charge in [0, 0.05) is 26.5 Å². The molecule has 1 aliphatic heterocycles. The summed E-state index contributed by atoms with van der Waals surface area (Å²) in [6.45, 7) is -0.955. The zero-order chi connectivity index (χ0) is 18.1. The molecule has 0 amide bonds. The number of aromatic nitrogens is 2. The molecule has 0 radical (unpaired) electrons. The molecule has 0 unspecified atom stereocenters. The van der Waals surface area contributed by atoms with Gasteiger partial charge in [-0.2, -0.15) is 0 Å². The lowest BCUT2D eigenvalue weighted by atomic mass is 10.1. The monoisotopic (exact) mass is 370 g/mol. The number of phosphoric ester groups is 1. The van der Waals surface area contributed by atoms with E-state index in [1.165, 1.54) is 0 Å². The Labute approximate surface area is 134 Å². The Balaban J connectivity index is 2.39. The summed E-state index contributed by atoms with van der Waals surface area (Å²) in [4.78, 5) is 42.5. The second-order valence-corrected chi connectivity index (χ2v) is 6.15. The molecule has 0 bridgehead atoms. The van der Waals surface area contributed by atoms with Crippen molar-refractivity contribution < 1.29 is 37.5 Å². The highest BCUT2D eigenvalue weighted by Crippen LogP contribution is 2.44. The van der Waals surface area contributed by atoms with Crippen molar-refractivity contribution in [2.45, 2.75) is 24.3 Å². The number of halogens is 1. The van der Waals surface area contributed by atoms with Gasteiger partial charge in [0.2, 0.25) is 5.79 Å². The summed E-state index contributed by atoms with van der Waals surface area (Å²) >= 11 is 0. The molecule has 1 aliphatic rings. The maximum absolute atomic E-state index is 14.7. The minimum atomic E-state index is -4.92. The van der Waals surface area contributed by atoms with Crippen LogP contribution in [-0.2, 0) is 23.3 Å².